The molecule has 1 heterocycles. The van der Waals surface area contributed by atoms with Gasteiger partial charge in [-0.05, 0) is 37.1 Å². The highest BCUT2D eigenvalue weighted by Gasteiger charge is 2.26. The Morgan fingerprint density at radius 1 is 1.59 bits per heavy atom. The van der Waals surface area contributed by atoms with Gasteiger partial charge in [-0.1, -0.05) is 15.9 Å². The average molecular weight is 315 g/mol. The second kappa shape index (κ2) is 5.42. The Morgan fingerprint density at radius 3 is 2.94 bits per heavy atom. The smallest absolute Gasteiger partial charge is 0.254 e. The number of nitrogens with zero attached hydrogens (tertiary/aromatic N) is 1. The van der Waals surface area contributed by atoms with Crippen LogP contribution in [0.3, 0.4) is 0 Å². The van der Waals surface area contributed by atoms with E-state index in [1.54, 1.807) is 0 Å². The summed E-state index contributed by atoms with van der Waals surface area (Å²) in [5, 5.41) is 0. The number of amides is 1. The van der Waals surface area contributed by atoms with E-state index in [0.717, 1.165) is 24.0 Å². The second-order valence-corrected chi connectivity index (χ2v) is 5.70. The molecule has 1 amide bonds. The van der Waals surface area contributed by atoms with E-state index in [0.29, 0.717) is 22.9 Å². The lowest BCUT2D eigenvalue weighted by atomic mass is 10.1. The third-order valence-corrected chi connectivity index (χ3v) is 3.96. The molecule has 1 aromatic carbocycles. The van der Waals surface area contributed by atoms with Gasteiger partial charge in [-0.3, -0.25) is 4.79 Å². The highest BCUT2D eigenvalue weighted by molar-refractivity contribution is 9.10. The lowest BCUT2D eigenvalue weighted by molar-refractivity contribution is 0.0784. The van der Waals surface area contributed by atoms with Crippen LogP contribution in [0.15, 0.2) is 27.6 Å². The fraction of sp³-hybridized carbons (Fsp3) is 0.417. The summed E-state index contributed by atoms with van der Waals surface area (Å²) < 4.78 is 0.931. The Balaban J connectivity index is 2.15. The third kappa shape index (κ3) is 2.84. The summed E-state index contributed by atoms with van der Waals surface area (Å²) in [5.74, 6) is 0.496. The van der Waals surface area contributed by atoms with Gasteiger partial charge in [0.25, 0.3) is 5.91 Å². The molecule has 0 saturated carbocycles. The highest BCUT2D eigenvalue weighted by Crippen LogP contribution is 2.24. The zero-order chi connectivity index (χ0) is 12.4. The van der Waals surface area contributed by atoms with Crippen LogP contribution < -0.4 is 5.73 Å². The van der Waals surface area contributed by atoms with Gasteiger partial charge in [-0.2, -0.15) is 0 Å². The highest BCUT2D eigenvalue weighted by atomic mass is 79.9. The minimum absolute atomic E-state index is 0.0541. The molecular formula is C12H15BrN2OS. The number of hydrogen-bond acceptors (Lipinski definition) is 3. The lowest BCUT2D eigenvalue weighted by Gasteiger charge is -2.17. The van der Waals surface area contributed by atoms with E-state index in [1.807, 2.05) is 23.1 Å². The van der Waals surface area contributed by atoms with E-state index in [2.05, 4.69) is 28.6 Å². The standard InChI is InChI=1S/C12H15BrN2OS/c13-9-1-2-10(11(17)5-9)12(16)15-4-3-8(6-14)7-15/h1-2,5,8,17H,3-4,6-7,14H2. The van der Waals surface area contributed by atoms with Crippen LogP contribution in [0.25, 0.3) is 0 Å². The molecule has 1 aromatic rings. The van der Waals surface area contributed by atoms with Gasteiger partial charge in [-0.25, -0.2) is 0 Å². The van der Waals surface area contributed by atoms with Crippen LogP contribution in [0.4, 0.5) is 0 Å². The Kier molecular flexibility index (Phi) is 4.12. The summed E-state index contributed by atoms with van der Waals surface area (Å²) in [4.78, 5) is 14.8. The van der Waals surface area contributed by atoms with Crippen molar-refractivity contribution >= 4 is 34.5 Å². The lowest BCUT2D eigenvalue weighted by Crippen LogP contribution is -2.30. The molecule has 2 N–H and O–H groups in total. The number of hydrogen-bond donors (Lipinski definition) is 2. The van der Waals surface area contributed by atoms with Crippen molar-refractivity contribution in [2.45, 2.75) is 11.3 Å². The Bertz CT molecular complexity index is 439. The Morgan fingerprint density at radius 2 is 2.35 bits per heavy atom. The maximum Gasteiger partial charge on any atom is 0.254 e. The SMILES string of the molecule is NCC1CCN(C(=O)c2ccc(Br)cc2S)C1. The van der Waals surface area contributed by atoms with Crippen molar-refractivity contribution in [2.24, 2.45) is 11.7 Å². The molecule has 0 aliphatic carbocycles. The Hall–Kier alpha value is -0.520. The first-order valence-electron chi connectivity index (χ1n) is 5.59. The van der Waals surface area contributed by atoms with Crippen molar-refractivity contribution in [3.63, 3.8) is 0 Å². The minimum Gasteiger partial charge on any atom is -0.338 e. The van der Waals surface area contributed by atoms with Gasteiger partial charge in [-0.15, -0.1) is 12.6 Å². The summed E-state index contributed by atoms with van der Waals surface area (Å²) in [6.07, 6.45) is 1.00. The molecule has 1 atom stereocenters. The molecule has 5 heteroatoms. The number of likely N-dealkylation sites (tertiary alicyclic amines) is 1. The summed E-state index contributed by atoms with van der Waals surface area (Å²) in [6.45, 7) is 2.21. The molecule has 1 aliphatic heterocycles. The maximum absolute atomic E-state index is 12.3. The fourth-order valence-electron chi connectivity index (χ4n) is 2.07. The van der Waals surface area contributed by atoms with Gasteiger partial charge in [0.2, 0.25) is 0 Å². The van der Waals surface area contributed by atoms with Crippen molar-refractivity contribution in [3.8, 4) is 0 Å². The van der Waals surface area contributed by atoms with Gasteiger partial charge >= 0.3 is 0 Å². The summed E-state index contributed by atoms with van der Waals surface area (Å²) in [5.41, 5.74) is 6.29. The first-order valence-corrected chi connectivity index (χ1v) is 6.83. The van der Waals surface area contributed by atoms with E-state index in [4.69, 9.17) is 5.73 Å². The number of thiol groups is 1. The van der Waals surface area contributed by atoms with E-state index >= 15 is 0 Å². The number of rotatable bonds is 2. The van der Waals surface area contributed by atoms with E-state index < -0.39 is 0 Å². The van der Waals surface area contributed by atoms with Crippen molar-refractivity contribution in [1.82, 2.24) is 4.90 Å². The van der Waals surface area contributed by atoms with E-state index in [1.165, 1.54) is 0 Å². The number of carbonyl (C=O) groups excluding carboxylic acids is 1. The molecule has 1 aliphatic rings. The number of halogens is 1. The molecule has 0 radical (unpaired) electrons. The van der Waals surface area contributed by atoms with E-state index in [-0.39, 0.29) is 5.91 Å². The molecule has 3 nitrogen and oxygen atoms in total. The zero-order valence-corrected chi connectivity index (χ0v) is 11.9. The monoisotopic (exact) mass is 314 g/mol. The molecule has 17 heavy (non-hydrogen) atoms. The largest absolute Gasteiger partial charge is 0.338 e. The van der Waals surface area contributed by atoms with Crippen LogP contribution in [-0.4, -0.2) is 30.4 Å². The molecule has 1 saturated heterocycles. The minimum atomic E-state index is 0.0541. The predicted molar refractivity (Wildman–Crippen MR) is 74.5 cm³/mol. The Labute approximate surface area is 115 Å². The molecule has 1 fully saturated rings. The molecular weight excluding hydrogens is 300 g/mol. The number of benzene rings is 1. The summed E-state index contributed by atoms with van der Waals surface area (Å²) in [6, 6.07) is 5.51. The summed E-state index contributed by atoms with van der Waals surface area (Å²) >= 11 is 7.70. The van der Waals surface area contributed by atoms with Gasteiger partial charge in [0.1, 0.15) is 0 Å². The zero-order valence-electron chi connectivity index (χ0n) is 9.40. The van der Waals surface area contributed by atoms with Gasteiger partial charge < -0.3 is 10.6 Å². The topological polar surface area (TPSA) is 46.3 Å². The van der Waals surface area contributed by atoms with Crippen LogP contribution in [-0.2, 0) is 0 Å². The molecule has 2 rings (SSSR count). The number of nitrogens with two attached hydrogens (primary N) is 1. The van der Waals surface area contributed by atoms with Gasteiger partial charge in [0, 0.05) is 22.5 Å². The van der Waals surface area contributed by atoms with E-state index in [9.17, 15) is 4.79 Å². The average Bonchev–Trinajstić information content (AvgIpc) is 2.76. The van der Waals surface area contributed by atoms with Crippen molar-refractivity contribution in [3.05, 3.63) is 28.2 Å². The fourth-order valence-corrected chi connectivity index (χ4v) is 2.91. The maximum atomic E-state index is 12.3. The molecule has 92 valence electrons. The third-order valence-electron chi connectivity index (χ3n) is 3.10. The molecule has 0 aromatic heterocycles. The number of carbonyl (C=O) groups is 1. The van der Waals surface area contributed by atoms with Crippen molar-refractivity contribution < 1.29 is 4.79 Å². The molecule has 0 bridgehead atoms. The van der Waals surface area contributed by atoms with Crippen molar-refractivity contribution in [1.29, 1.82) is 0 Å². The van der Waals surface area contributed by atoms with Crippen LogP contribution in [0.1, 0.15) is 16.8 Å². The van der Waals surface area contributed by atoms with Gasteiger partial charge in [0.05, 0.1) is 5.56 Å². The first-order chi connectivity index (χ1) is 8.11. The predicted octanol–water partition coefficient (Wildman–Crippen LogP) is 2.16. The molecule has 0 spiro atoms. The van der Waals surface area contributed by atoms with Crippen LogP contribution in [0.2, 0.25) is 0 Å². The van der Waals surface area contributed by atoms with Crippen LogP contribution in [0, 0.1) is 5.92 Å². The van der Waals surface area contributed by atoms with Crippen LogP contribution >= 0.6 is 28.6 Å². The summed E-state index contributed by atoms with van der Waals surface area (Å²) in [7, 11) is 0. The second-order valence-electron chi connectivity index (χ2n) is 4.30. The first kappa shape index (κ1) is 12.9. The molecule has 1 unspecified atom stereocenters. The normalized spacial score (nSPS) is 19.7. The van der Waals surface area contributed by atoms with Crippen LogP contribution in [0.5, 0.6) is 0 Å². The quantitative estimate of drug-likeness (QED) is 0.822. The van der Waals surface area contributed by atoms with Crippen molar-refractivity contribution in [2.75, 3.05) is 19.6 Å². The van der Waals surface area contributed by atoms with Gasteiger partial charge in [0.15, 0.2) is 0 Å².